The standard InChI is InChI=1S/C14H16F3N3/c1-20(12-3-2-6-19-9-12)13-5-4-11(14(15,16)17)7-10(13)8-18/h4-5,7,12,19H,2-3,6,9H2,1H3. The zero-order valence-corrected chi connectivity index (χ0v) is 11.2. The lowest BCUT2D eigenvalue weighted by molar-refractivity contribution is -0.137. The van der Waals surface area contributed by atoms with Gasteiger partial charge < -0.3 is 10.2 Å². The number of likely N-dealkylation sites (N-methyl/N-ethyl adjacent to an activating group) is 1. The molecule has 1 fully saturated rings. The van der Waals surface area contributed by atoms with Crippen LogP contribution in [-0.2, 0) is 6.18 Å². The number of rotatable bonds is 2. The third kappa shape index (κ3) is 3.05. The minimum absolute atomic E-state index is 0.0629. The molecule has 0 spiro atoms. The summed E-state index contributed by atoms with van der Waals surface area (Å²) in [7, 11) is 1.82. The summed E-state index contributed by atoms with van der Waals surface area (Å²) in [4.78, 5) is 1.89. The van der Waals surface area contributed by atoms with Crippen molar-refractivity contribution in [3.63, 3.8) is 0 Å². The Balaban J connectivity index is 2.29. The minimum atomic E-state index is -4.42. The number of piperidine rings is 1. The van der Waals surface area contributed by atoms with Crippen molar-refractivity contribution < 1.29 is 13.2 Å². The SMILES string of the molecule is CN(c1ccc(C(F)(F)F)cc1C#N)C1CCCNC1. The first-order valence-electron chi connectivity index (χ1n) is 6.48. The van der Waals surface area contributed by atoms with Gasteiger partial charge >= 0.3 is 6.18 Å². The number of nitrogens with one attached hydrogen (secondary N) is 1. The summed E-state index contributed by atoms with van der Waals surface area (Å²) >= 11 is 0. The molecule has 1 saturated heterocycles. The molecule has 1 atom stereocenters. The normalized spacial score (nSPS) is 19.4. The van der Waals surface area contributed by atoms with E-state index in [0.29, 0.717) is 5.69 Å². The van der Waals surface area contributed by atoms with Crippen LogP contribution in [0.15, 0.2) is 18.2 Å². The lowest BCUT2D eigenvalue weighted by Gasteiger charge is -2.34. The largest absolute Gasteiger partial charge is 0.416 e. The summed E-state index contributed by atoms with van der Waals surface area (Å²) in [6.07, 6.45) is -2.43. The number of hydrogen-bond donors (Lipinski definition) is 1. The second-order valence-electron chi connectivity index (χ2n) is 4.95. The van der Waals surface area contributed by atoms with Gasteiger partial charge in [0.15, 0.2) is 0 Å². The molecule has 1 aliphatic rings. The monoisotopic (exact) mass is 283 g/mol. The summed E-state index contributed by atoms with van der Waals surface area (Å²) in [6, 6.07) is 5.40. The molecule has 1 N–H and O–H groups in total. The molecule has 1 aromatic rings. The zero-order chi connectivity index (χ0) is 14.8. The third-order valence-electron chi connectivity index (χ3n) is 3.64. The first kappa shape index (κ1) is 14.7. The van der Waals surface area contributed by atoms with Gasteiger partial charge in [0.05, 0.1) is 16.8 Å². The van der Waals surface area contributed by atoms with E-state index in [1.807, 2.05) is 18.0 Å². The number of nitrogens with zero attached hydrogens (tertiary/aromatic N) is 2. The van der Waals surface area contributed by atoms with Crippen LogP contribution in [-0.4, -0.2) is 26.2 Å². The molecule has 0 aliphatic carbocycles. The molecule has 0 aromatic heterocycles. The quantitative estimate of drug-likeness (QED) is 0.907. The molecule has 0 amide bonds. The van der Waals surface area contributed by atoms with Crippen molar-refractivity contribution in [2.24, 2.45) is 0 Å². The van der Waals surface area contributed by atoms with E-state index in [2.05, 4.69) is 5.32 Å². The Morgan fingerprint density at radius 2 is 2.15 bits per heavy atom. The lowest BCUT2D eigenvalue weighted by atomic mass is 10.0. The van der Waals surface area contributed by atoms with Gasteiger partial charge in [0.25, 0.3) is 0 Å². The van der Waals surface area contributed by atoms with Crippen LogP contribution in [0.2, 0.25) is 0 Å². The average Bonchev–Trinajstić information content (AvgIpc) is 2.45. The van der Waals surface area contributed by atoms with Crippen molar-refractivity contribution >= 4 is 5.69 Å². The predicted molar refractivity (Wildman–Crippen MR) is 70.5 cm³/mol. The highest BCUT2D eigenvalue weighted by Gasteiger charge is 2.31. The Bertz CT molecular complexity index is 513. The molecule has 2 rings (SSSR count). The smallest absolute Gasteiger partial charge is 0.369 e. The fraction of sp³-hybridized carbons (Fsp3) is 0.500. The van der Waals surface area contributed by atoms with Crippen molar-refractivity contribution in [2.45, 2.75) is 25.1 Å². The van der Waals surface area contributed by atoms with E-state index in [0.717, 1.165) is 38.1 Å². The van der Waals surface area contributed by atoms with Crippen molar-refractivity contribution in [1.29, 1.82) is 5.26 Å². The topological polar surface area (TPSA) is 39.1 Å². The lowest BCUT2D eigenvalue weighted by Crippen LogP contribution is -2.44. The van der Waals surface area contributed by atoms with Gasteiger partial charge in [0, 0.05) is 19.6 Å². The van der Waals surface area contributed by atoms with Crippen LogP contribution in [0.3, 0.4) is 0 Å². The van der Waals surface area contributed by atoms with Crippen LogP contribution < -0.4 is 10.2 Å². The van der Waals surface area contributed by atoms with Gasteiger partial charge in [-0.1, -0.05) is 0 Å². The predicted octanol–water partition coefficient (Wildman–Crippen LogP) is 2.77. The van der Waals surface area contributed by atoms with Gasteiger partial charge in [-0.2, -0.15) is 18.4 Å². The first-order valence-corrected chi connectivity index (χ1v) is 6.48. The van der Waals surface area contributed by atoms with Gasteiger partial charge in [-0.25, -0.2) is 0 Å². The zero-order valence-electron chi connectivity index (χ0n) is 11.2. The Kier molecular flexibility index (Phi) is 4.19. The Morgan fingerprint density at radius 1 is 1.40 bits per heavy atom. The molecule has 108 valence electrons. The van der Waals surface area contributed by atoms with E-state index in [1.165, 1.54) is 6.07 Å². The van der Waals surface area contributed by atoms with E-state index in [1.54, 1.807) is 0 Å². The summed E-state index contributed by atoms with van der Waals surface area (Å²) in [5, 5.41) is 12.4. The summed E-state index contributed by atoms with van der Waals surface area (Å²) in [6.45, 7) is 1.74. The van der Waals surface area contributed by atoms with Gasteiger partial charge in [-0.3, -0.25) is 0 Å². The molecular weight excluding hydrogens is 267 g/mol. The molecule has 20 heavy (non-hydrogen) atoms. The maximum atomic E-state index is 12.7. The summed E-state index contributed by atoms with van der Waals surface area (Å²) < 4.78 is 38.0. The van der Waals surface area contributed by atoms with Gasteiger partial charge in [0.2, 0.25) is 0 Å². The summed E-state index contributed by atoms with van der Waals surface area (Å²) in [5.41, 5.74) is -0.171. The highest BCUT2D eigenvalue weighted by molar-refractivity contribution is 5.61. The number of halogens is 3. The van der Waals surface area contributed by atoms with Crippen molar-refractivity contribution in [1.82, 2.24) is 5.32 Å². The second kappa shape index (κ2) is 5.71. The van der Waals surface area contributed by atoms with E-state index >= 15 is 0 Å². The first-order chi connectivity index (χ1) is 9.43. The number of nitriles is 1. The number of hydrogen-bond acceptors (Lipinski definition) is 3. The van der Waals surface area contributed by atoms with Crippen LogP contribution in [0.25, 0.3) is 0 Å². The fourth-order valence-corrected chi connectivity index (χ4v) is 2.47. The molecule has 1 heterocycles. The number of benzene rings is 1. The van der Waals surface area contributed by atoms with E-state index < -0.39 is 11.7 Å². The van der Waals surface area contributed by atoms with E-state index in [9.17, 15) is 13.2 Å². The highest BCUT2D eigenvalue weighted by Crippen LogP contribution is 2.33. The van der Waals surface area contributed by atoms with E-state index in [4.69, 9.17) is 5.26 Å². The number of alkyl halides is 3. The Labute approximate surface area is 116 Å². The second-order valence-corrected chi connectivity index (χ2v) is 4.95. The molecule has 0 radical (unpaired) electrons. The maximum Gasteiger partial charge on any atom is 0.416 e. The number of anilines is 1. The maximum absolute atomic E-state index is 12.7. The van der Waals surface area contributed by atoms with Crippen LogP contribution in [0.1, 0.15) is 24.0 Å². The molecule has 6 heteroatoms. The van der Waals surface area contributed by atoms with Gasteiger partial charge in [-0.05, 0) is 37.6 Å². The fourth-order valence-electron chi connectivity index (χ4n) is 2.47. The van der Waals surface area contributed by atoms with Crippen LogP contribution in [0.5, 0.6) is 0 Å². The van der Waals surface area contributed by atoms with Crippen molar-refractivity contribution in [3.8, 4) is 6.07 Å². The Hall–Kier alpha value is -1.74. The van der Waals surface area contributed by atoms with Crippen molar-refractivity contribution in [2.75, 3.05) is 25.0 Å². The van der Waals surface area contributed by atoms with Crippen molar-refractivity contribution in [3.05, 3.63) is 29.3 Å². The highest BCUT2D eigenvalue weighted by atomic mass is 19.4. The van der Waals surface area contributed by atoms with E-state index in [-0.39, 0.29) is 11.6 Å². The molecular formula is C14H16F3N3. The molecule has 3 nitrogen and oxygen atoms in total. The molecule has 0 saturated carbocycles. The van der Waals surface area contributed by atoms with Crippen LogP contribution in [0.4, 0.5) is 18.9 Å². The molecule has 1 aliphatic heterocycles. The Morgan fingerprint density at radius 3 is 2.70 bits per heavy atom. The minimum Gasteiger partial charge on any atom is -0.369 e. The van der Waals surface area contributed by atoms with Crippen LogP contribution >= 0.6 is 0 Å². The molecule has 1 unspecified atom stereocenters. The van der Waals surface area contributed by atoms with Gasteiger partial charge in [0.1, 0.15) is 6.07 Å². The molecule has 1 aromatic carbocycles. The van der Waals surface area contributed by atoms with Gasteiger partial charge in [-0.15, -0.1) is 0 Å². The average molecular weight is 283 g/mol. The summed E-state index contributed by atoms with van der Waals surface area (Å²) in [5.74, 6) is 0. The van der Waals surface area contributed by atoms with Crippen LogP contribution in [0, 0.1) is 11.3 Å². The third-order valence-corrected chi connectivity index (χ3v) is 3.64. The molecule has 0 bridgehead atoms.